The minimum atomic E-state index is -0.965. The summed E-state index contributed by atoms with van der Waals surface area (Å²) in [5.74, 6) is -2.33. The van der Waals surface area contributed by atoms with Crippen LogP contribution in [-0.2, 0) is 0 Å². The van der Waals surface area contributed by atoms with Crippen molar-refractivity contribution in [1.82, 2.24) is 9.97 Å². The predicted octanol–water partition coefficient (Wildman–Crippen LogP) is 4.48. The summed E-state index contributed by atoms with van der Waals surface area (Å²) in [4.78, 5) is 8.23. The minimum Gasteiger partial charge on any atom is -0.222 e. The molecular formula is C14H6BrF3N2. The molecule has 0 bridgehead atoms. The largest absolute Gasteiger partial charge is 0.222 e. The van der Waals surface area contributed by atoms with Gasteiger partial charge in [-0.15, -0.1) is 0 Å². The molecule has 0 unspecified atom stereocenters. The topological polar surface area (TPSA) is 25.8 Å². The molecule has 0 spiro atoms. The Balaban J connectivity index is 2.32. The Hall–Kier alpha value is -1.95. The monoisotopic (exact) mass is 338 g/mol. The summed E-state index contributed by atoms with van der Waals surface area (Å²) in [6.45, 7) is 0. The lowest BCUT2D eigenvalue weighted by molar-refractivity contribution is 0.509. The molecule has 0 aliphatic carbocycles. The number of halogens is 4. The first kappa shape index (κ1) is 13.1. The quantitative estimate of drug-likeness (QED) is 0.611. The zero-order valence-electron chi connectivity index (χ0n) is 9.87. The molecule has 3 rings (SSSR count). The molecule has 0 aliphatic rings. The second-order valence-electron chi connectivity index (χ2n) is 4.13. The van der Waals surface area contributed by atoms with Crippen molar-refractivity contribution >= 4 is 26.8 Å². The summed E-state index contributed by atoms with van der Waals surface area (Å²) in [7, 11) is 0. The van der Waals surface area contributed by atoms with Gasteiger partial charge in [0.25, 0.3) is 0 Å². The fraction of sp³-hybridized carbons (Fsp3) is 0. The highest BCUT2D eigenvalue weighted by molar-refractivity contribution is 9.10. The Morgan fingerprint density at radius 1 is 0.850 bits per heavy atom. The minimum absolute atomic E-state index is 0.246. The first-order valence-corrected chi connectivity index (χ1v) is 6.42. The zero-order valence-corrected chi connectivity index (χ0v) is 11.5. The van der Waals surface area contributed by atoms with E-state index in [-0.39, 0.29) is 4.73 Å². The van der Waals surface area contributed by atoms with E-state index >= 15 is 0 Å². The normalized spacial score (nSPS) is 11.0. The van der Waals surface area contributed by atoms with Crippen LogP contribution in [-0.4, -0.2) is 9.97 Å². The molecule has 1 aromatic heterocycles. The van der Waals surface area contributed by atoms with E-state index in [4.69, 9.17) is 0 Å². The third kappa shape index (κ3) is 2.27. The Kier molecular flexibility index (Phi) is 3.17. The van der Waals surface area contributed by atoms with Gasteiger partial charge in [-0.05, 0) is 46.3 Å². The van der Waals surface area contributed by atoms with Crippen LogP contribution in [0.3, 0.4) is 0 Å². The molecular weight excluding hydrogens is 333 g/mol. The Bertz CT molecular complexity index is 816. The SMILES string of the molecule is Fc1ccc2c(-c3ccc(F)c(F)c3)nc(Br)nc2c1. The highest BCUT2D eigenvalue weighted by Gasteiger charge is 2.12. The van der Waals surface area contributed by atoms with Crippen LogP contribution in [0.1, 0.15) is 0 Å². The first-order chi connectivity index (χ1) is 9.54. The molecule has 3 aromatic rings. The van der Waals surface area contributed by atoms with Crippen molar-refractivity contribution < 1.29 is 13.2 Å². The van der Waals surface area contributed by atoms with Crippen LogP contribution in [0.4, 0.5) is 13.2 Å². The van der Waals surface area contributed by atoms with E-state index in [1.54, 1.807) is 0 Å². The van der Waals surface area contributed by atoms with Gasteiger partial charge in [-0.2, -0.15) is 0 Å². The number of aromatic nitrogens is 2. The van der Waals surface area contributed by atoms with Gasteiger partial charge in [0.05, 0.1) is 11.2 Å². The number of nitrogens with zero attached hydrogens (tertiary/aromatic N) is 2. The van der Waals surface area contributed by atoms with Crippen LogP contribution < -0.4 is 0 Å². The number of hydrogen-bond donors (Lipinski definition) is 0. The second-order valence-corrected chi connectivity index (χ2v) is 4.84. The molecule has 100 valence electrons. The van der Waals surface area contributed by atoms with Crippen LogP contribution in [0.15, 0.2) is 41.1 Å². The van der Waals surface area contributed by atoms with Crippen molar-refractivity contribution in [2.75, 3.05) is 0 Å². The molecule has 0 amide bonds. The third-order valence-electron chi connectivity index (χ3n) is 2.82. The van der Waals surface area contributed by atoms with Crippen LogP contribution in [0.25, 0.3) is 22.2 Å². The van der Waals surface area contributed by atoms with E-state index in [0.29, 0.717) is 22.2 Å². The second kappa shape index (κ2) is 4.86. The molecule has 2 nitrogen and oxygen atoms in total. The summed E-state index contributed by atoms with van der Waals surface area (Å²) in [6.07, 6.45) is 0. The van der Waals surface area contributed by atoms with Gasteiger partial charge in [-0.25, -0.2) is 23.1 Å². The number of hydrogen-bond acceptors (Lipinski definition) is 2. The first-order valence-electron chi connectivity index (χ1n) is 5.63. The predicted molar refractivity (Wildman–Crippen MR) is 72.5 cm³/mol. The van der Waals surface area contributed by atoms with E-state index in [9.17, 15) is 13.2 Å². The summed E-state index contributed by atoms with van der Waals surface area (Å²) in [5, 5.41) is 0.556. The van der Waals surface area contributed by atoms with Crippen molar-refractivity contribution in [1.29, 1.82) is 0 Å². The number of fused-ring (bicyclic) bond motifs is 1. The Morgan fingerprint density at radius 2 is 1.65 bits per heavy atom. The molecule has 0 aliphatic heterocycles. The molecule has 0 saturated carbocycles. The summed E-state index contributed by atoms with van der Waals surface area (Å²) >= 11 is 3.13. The average Bonchev–Trinajstić information content (AvgIpc) is 2.40. The average molecular weight is 339 g/mol. The van der Waals surface area contributed by atoms with Gasteiger partial charge < -0.3 is 0 Å². The standard InChI is InChI=1S/C14H6BrF3N2/c15-14-19-12-6-8(16)2-3-9(12)13(20-14)7-1-4-10(17)11(18)5-7/h1-6H. The van der Waals surface area contributed by atoms with Crippen molar-refractivity contribution in [3.8, 4) is 11.3 Å². The van der Waals surface area contributed by atoms with Crippen LogP contribution in [0, 0.1) is 17.5 Å². The smallest absolute Gasteiger partial charge is 0.197 e. The van der Waals surface area contributed by atoms with Crippen molar-refractivity contribution in [2.24, 2.45) is 0 Å². The number of benzene rings is 2. The van der Waals surface area contributed by atoms with Gasteiger partial charge in [0, 0.05) is 17.0 Å². The van der Waals surface area contributed by atoms with Crippen molar-refractivity contribution in [3.05, 3.63) is 58.6 Å². The van der Waals surface area contributed by atoms with Gasteiger partial charge in [0.1, 0.15) is 5.82 Å². The van der Waals surface area contributed by atoms with Crippen LogP contribution >= 0.6 is 15.9 Å². The lowest BCUT2D eigenvalue weighted by Crippen LogP contribution is -1.93. The highest BCUT2D eigenvalue weighted by atomic mass is 79.9. The van der Waals surface area contributed by atoms with Gasteiger partial charge in [0.15, 0.2) is 16.4 Å². The maximum Gasteiger partial charge on any atom is 0.197 e. The van der Waals surface area contributed by atoms with Crippen LogP contribution in [0.5, 0.6) is 0 Å². The molecule has 1 heterocycles. The maximum atomic E-state index is 13.3. The van der Waals surface area contributed by atoms with Crippen molar-refractivity contribution in [3.63, 3.8) is 0 Å². The Labute approximate surface area is 120 Å². The fourth-order valence-corrected chi connectivity index (χ4v) is 2.31. The summed E-state index contributed by atoms with van der Waals surface area (Å²) < 4.78 is 39.8. The maximum absolute atomic E-state index is 13.3. The summed E-state index contributed by atoms with van der Waals surface area (Å²) in [5.41, 5.74) is 1.18. The molecule has 0 N–H and O–H groups in total. The van der Waals surface area contributed by atoms with Gasteiger partial charge >= 0.3 is 0 Å². The van der Waals surface area contributed by atoms with Gasteiger partial charge in [-0.3, -0.25) is 0 Å². The third-order valence-corrected chi connectivity index (χ3v) is 3.18. The zero-order chi connectivity index (χ0) is 14.3. The van der Waals surface area contributed by atoms with Gasteiger partial charge in [-0.1, -0.05) is 0 Å². The molecule has 20 heavy (non-hydrogen) atoms. The lowest BCUT2D eigenvalue weighted by atomic mass is 10.1. The molecule has 0 saturated heterocycles. The molecule has 0 fully saturated rings. The van der Waals surface area contributed by atoms with E-state index in [1.165, 1.54) is 24.3 Å². The summed E-state index contributed by atoms with van der Waals surface area (Å²) in [6, 6.07) is 7.51. The molecule has 0 radical (unpaired) electrons. The van der Waals surface area contributed by atoms with Gasteiger partial charge in [0.2, 0.25) is 0 Å². The Morgan fingerprint density at radius 3 is 2.40 bits per heavy atom. The van der Waals surface area contributed by atoms with E-state index in [1.807, 2.05) is 0 Å². The van der Waals surface area contributed by atoms with E-state index in [2.05, 4.69) is 25.9 Å². The lowest BCUT2D eigenvalue weighted by Gasteiger charge is -2.07. The van der Waals surface area contributed by atoms with E-state index < -0.39 is 17.5 Å². The van der Waals surface area contributed by atoms with E-state index in [0.717, 1.165) is 12.1 Å². The highest BCUT2D eigenvalue weighted by Crippen LogP contribution is 2.28. The molecule has 0 atom stereocenters. The fourth-order valence-electron chi connectivity index (χ4n) is 1.94. The molecule has 2 aromatic carbocycles. The van der Waals surface area contributed by atoms with Crippen molar-refractivity contribution in [2.45, 2.75) is 0 Å². The molecule has 6 heteroatoms. The number of rotatable bonds is 1. The van der Waals surface area contributed by atoms with Crippen LogP contribution in [0.2, 0.25) is 0 Å².